The molecule has 114 valence electrons. The number of piperazine rings is 1. The first-order chi connectivity index (χ1) is 10.1. The number of hydrogen-bond donors (Lipinski definition) is 1. The highest BCUT2D eigenvalue weighted by atomic mass is 16.2. The van der Waals surface area contributed by atoms with Gasteiger partial charge in [0.05, 0.1) is 13.0 Å². The molecule has 0 aromatic heterocycles. The van der Waals surface area contributed by atoms with Gasteiger partial charge in [-0.05, 0) is 12.5 Å². The van der Waals surface area contributed by atoms with Gasteiger partial charge in [0.1, 0.15) is 0 Å². The Morgan fingerprint density at radius 1 is 1.19 bits per heavy atom. The number of rotatable bonds is 4. The number of nitrogens with zero attached hydrogens (tertiary/aromatic N) is 2. The van der Waals surface area contributed by atoms with Gasteiger partial charge >= 0.3 is 0 Å². The van der Waals surface area contributed by atoms with Gasteiger partial charge in [-0.3, -0.25) is 9.59 Å². The topological polar surface area (TPSA) is 52.7 Å². The lowest BCUT2D eigenvalue weighted by molar-refractivity contribution is -0.139. The Morgan fingerprint density at radius 2 is 1.81 bits per heavy atom. The van der Waals surface area contributed by atoms with Crippen molar-refractivity contribution in [3.05, 3.63) is 35.4 Å². The highest BCUT2D eigenvalue weighted by Gasteiger charge is 2.19. The molecule has 1 fully saturated rings. The van der Waals surface area contributed by atoms with Crippen LogP contribution in [0.3, 0.4) is 0 Å². The lowest BCUT2D eigenvalue weighted by Gasteiger charge is -2.29. The van der Waals surface area contributed by atoms with Crippen molar-refractivity contribution in [1.29, 1.82) is 0 Å². The van der Waals surface area contributed by atoms with Gasteiger partial charge in [-0.25, -0.2) is 0 Å². The van der Waals surface area contributed by atoms with Crippen LogP contribution in [0.5, 0.6) is 0 Å². The smallest absolute Gasteiger partial charge is 0.242 e. The van der Waals surface area contributed by atoms with Crippen LogP contribution < -0.4 is 5.32 Å². The summed E-state index contributed by atoms with van der Waals surface area (Å²) in [5, 5.41) is 3.21. The summed E-state index contributed by atoms with van der Waals surface area (Å²) in [5.41, 5.74) is 2.15. The number of aryl methyl sites for hydroxylation is 1. The number of amides is 2. The first-order valence-electron chi connectivity index (χ1n) is 7.34. The van der Waals surface area contributed by atoms with Crippen LogP contribution in [0.25, 0.3) is 0 Å². The molecule has 0 aliphatic carbocycles. The Hall–Kier alpha value is -1.88. The van der Waals surface area contributed by atoms with E-state index in [9.17, 15) is 9.59 Å². The zero-order valence-corrected chi connectivity index (χ0v) is 12.8. The number of carbonyl (C=O) groups is 2. The van der Waals surface area contributed by atoms with Crippen molar-refractivity contribution in [1.82, 2.24) is 15.1 Å². The Morgan fingerprint density at radius 3 is 2.43 bits per heavy atom. The summed E-state index contributed by atoms with van der Waals surface area (Å²) in [5.74, 6) is -0.00130. The van der Waals surface area contributed by atoms with E-state index in [1.165, 1.54) is 10.5 Å². The zero-order valence-electron chi connectivity index (χ0n) is 12.8. The van der Waals surface area contributed by atoms with Gasteiger partial charge < -0.3 is 15.1 Å². The maximum Gasteiger partial charge on any atom is 0.242 e. The fourth-order valence-corrected chi connectivity index (χ4v) is 2.32. The van der Waals surface area contributed by atoms with E-state index in [0.29, 0.717) is 6.42 Å². The second-order valence-corrected chi connectivity index (χ2v) is 5.54. The molecule has 5 nitrogen and oxygen atoms in total. The fraction of sp³-hybridized carbons (Fsp3) is 0.500. The van der Waals surface area contributed by atoms with Crippen molar-refractivity contribution in [3.8, 4) is 0 Å². The molecule has 0 radical (unpaired) electrons. The molecule has 0 unspecified atom stereocenters. The summed E-state index contributed by atoms with van der Waals surface area (Å²) < 4.78 is 0. The molecule has 1 heterocycles. The molecule has 0 spiro atoms. The molecule has 21 heavy (non-hydrogen) atoms. The predicted molar refractivity (Wildman–Crippen MR) is 82.0 cm³/mol. The Labute approximate surface area is 125 Å². The van der Waals surface area contributed by atoms with Gasteiger partial charge in [0.15, 0.2) is 0 Å². The second kappa shape index (κ2) is 7.22. The van der Waals surface area contributed by atoms with Crippen molar-refractivity contribution >= 4 is 11.8 Å². The van der Waals surface area contributed by atoms with Crippen molar-refractivity contribution in [2.45, 2.75) is 13.3 Å². The van der Waals surface area contributed by atoms with Gasteiger partial charge in [0.25, 0.3) is 0 Å². The lowest BCUT2D eigenvalue weighted by atomic mass is 10.1. The molecule has 0 atom stereocenters. The summed E-state index contributed by atoms with van der Waals surface area (Å²) in [6.07, 6.45) is 0.339. The average molecular weight is 289 g/mol. The molecular formula is C16H23N3O2. The third-order valence-corrected chi connectivity index (χ3v) is 3.74. The molecule has 1 aromatic rings. The van der Waals surface area contributed by atoms with E-state index in [-0.39, 0.29) is 18.4 Å². The van der Waals surface area contributed by atoms with Gasteiger partial charge in [-0.1, -0.05) is 29.8 Å². The third-order valence-electron chi connectivity index (χ3n) is 3.74. The fourth-order valence-electron chi connectivity index (χ4n) is 2.32. The minimum absolute atomic E-state index is 0.0243. The van der Waals surface area contributed by atoms with Gasteiger partial charge in [0, 0.05) is 33.2 Å². The number of likely N-dealkylation sites (N-methyl/N-ethyl adjacent to an activating group) is 1. The summed E-state index contributed by atoms with van der Waals surface area (Å²) in [7, 11) is 1.69. The molecule has 5 heteroatoms. The first kappa shape index (κ1) is 15.5. The Balaban J connectivity index is 1.84. The molecule has 1 aliphatic heterocycles. The first-order valence-corrected chi connectivity index (χ1v) is 7.34. The van der Waals surface area contributed by atoms with Crippen LogP contribution in [-0.2, 0) is 16.0 Å². The van der Waals surface area contributed by atoms with Crippen molar-refractivity contribution in [2.75, 3.05) is 39.8 Å². The molecule has 0 saturated carbocycles. The van der Waals surface area contributed by atoms with Gasteiger partial charge in [-0.2, -0.15) is 0 Å². The molecule has 1 aromatic carbocycles. The second-order valence-electron chi connectivity index (χ2n) is 5.54. The van der Waals surface area contributed by atoms with Crippen LogP contribution in [-0.4, -0.2) is 61.4 Å². The van der Waals surface area contributed by atoms with Crippen molar-refractivity contribution in [2.24, 2.45) is 0 Å². The highest BCUT2D eigenvalue weighted by Crippen LogP contribution is 2.06. The van der Waals surface area contributed by atoms with Crippen molar-refractivity contribution < 1.29 is 9.59 Å². The molecular weight excluding hydrogens is 266 g/mol. The van der Waals surface area contributed by atoms with E-state index < -0.39 is 0 Å². The van der Waals surface area contributed by atoms with E-state index in [1.54, 1.807) is 7.05 Å². The lowest BCUT2D eigenvalue weighted by Crippen LogP contribution is -2.49. The summed E-state index contributed by atoms with van der Waals surface area (Å²) in [4.78, 5) is 27.6. The normalized spacial score (nSPS) is 14.9. The van der Waals surface area contributed by atoms with E-state index >= 15 is 0 Å². The summed E-state index contributed by atoms with van der Waals surface area (Å²) >= 11 is 0. The summed E-state index contributed by atoms with van der Waals surface area (Å²) in [6, 6.07) is 7.90. The number of carbonyl (C=O) groups excluding carboxylic acids is 2. The Bertz CT molecular complexity index is 493. The maximum absolute atomic E-state index is 12.2. The molecule has 2 amide bonds. The quantitative estimate of drug-likeness (QED) is 0.874. The van der Waals surface area contributed by atoms with Crippen LogP contribution in [0.4, 0.5) is 0 Å². The molecule has 1 N–H and O–H groups in total. The largest absolute Gasteiger partial charge is 0.339 e. The molecule has 1 saturated heterocycles. The van der Waals surface area contributed by atoms with Crippen LogP contribution in [0.2, 0.25) is 0 Å². The maximum atomic E-state index is 12.2. The number of benzene rings is 1. The predicted octanol–water partition coefficient (Wildman–Crippen LogP) is 0.428. The monoisotopic (exact) mass is 289 g/mol. The average Bonchev–Trinajstić information content (AvgIpc) is 2.50. The van der Waals surface area contributed by atoms with Crippen molar-refractivity contribution in [3.63, 3.8) is 0 Å². The third kappa shape index (κ3) is 4.56. The van der Waals surface area contributed by atoms with Crippen LogP contribution in [0.1, 0.15) is 11.1 Å². The highest BCUT2D eigenvalue weighted by molar-refractivity contribution is 5.85. The van der Waals surface area contributed by atoms with Gasteiger partial charge in [-0.15, -0.1) is 0 Å². The zero-order chi connectivity index (χ0) is 15.2. The van der Waals surface area contributed by atoms with E-state index in [2.05, 4.69) is 5.32 Å². The minimum atomic E-state index is -0.0256. The van der Waals surface area contributed by atoms with Crippen LogP contribution in [0.15, 0.2) is 24.3 Å². The molecule has 1 aliphatic rings. The van der Waals surface area contributed by atoms with Crippen LogP contribution in [0, 0.1) is 6.92 Å². The minimum Gasteiger partial charge on any atom is -0.339 e. The Kier molecular flexibility index (Phi) is 5.33. The number of hydrogen-bond acceptors (Lipinski definition) is 3. The van der Waals surface area contributed by atoms with E-state index in [4.69, 9.17) is 0 Å². The summed E-state index contributed by atoms with van der Waals surface area (Å²) in [6.45, 7) is 5.27. The standard InChI is InChI=1S/C16H23N3O2/c1-13-3-5-14(6-4-13)11-15(20)18(2)12-16(21)19-9-7-17-8-10-19/h3-6,17H,7-12H2,1-2H3. The molecule has 0 bridgehead atoms. The van der Waals surface area contributed by atoms with Crippen LogP contribution >= 0.6 is 0 Å². The van der Waals surface area contributed by atoms with Gasteiger partial charge in [0.2, 0.25) is 11.8 Å². The van der Waals surface area contributed by atoms with E-state index in [0.717, 1.165) is 31.7 Å². The van der Waals surface area contributed by atoms with E-state index in [1.807, 2.05) is 36.1 Å². The SMILES string of the molecule is Cc1ccc(CC(=O)N(C)CC(=O)N2CCNCC2)cc1. The molecule has 2 rings (SSSR count). The number of nitrogens with one attached hydrogen (secondary N) is 1.